The summed E-state index contributed by atoms with van der Waals surface area (Å²) in [6.07, 6.45) is 0.875. The van der Waals surface area contributed by atoms with Gasteiger partial charge in [-0.2, -0.15) is 0 Å². The first-order chi connectivity index (χ1) is 15.1. The molecule has 1 N–H and O–H groups in total. The van der Waals surface area contributed by atoms with Crippen molar-refractivity contribution in [3.05, 3.63) is 59.3 Å². The second-order valence-electron chi connectivity index (χ2n) is 7.91. The highest BCUT2D eigenvalue weighted by atomic mass is 32.2. The first kappa shape index (κ1) is 23.3. The quantitative estimate of drug-likeness (QED) is 0.524. The van der Waals surface area contributed by atoms with E-state index in [-0.39, 0.29) is 22.1 Å². The van der Waals surface area contributed by atoms with Crippen LogP contribution in [-0.4, -0.2) is 26.2 Å². The summed E-state index contributed by atoms with van der Waals surface area (Å²) in [6, 6.07) is 11.8. The number of carboxylic acids is 1. The Kier molecular flexibility index (Phi) is 6.88. The van der Waals surface area contributed by atoms with Crippen LogP contribution in [0.4, 0.5) is 5.88 Å². The smallest absolute Gasteiger partial charge is 0.265 e. The van der Waals surface area contributed by atoms with Crippen LogP contribution in [0.25, 0.3) is 11.1 Å². The molecule has 0 saturated carbocycles. The first-order valence-corrected chi connectivity index (χ1v) is 11.6. The van der Waals surface area contributed by atoms with Crippen molar-refractivity contribution >= 4 is 21.9 Å². The van der Waals surface area contributed by atoms with Crippen LogP contribution in [0.15, 0.2) is 51.9 Å². The summed E-state index contributed by atoms with van der Waals surface area (Å²) in [5.74, 6) is -0.823. The van der Waals surface area contributed by atoms with E-state index in [0.29, 0.717) is 22.7 Å². The molecule has 1 aromatic heterocycles. The van der Waals surface area contributed by atoms with Gasteiger partial charge in [0.25, 0.3) is 10.0 Å². The number of carbonyl (C=O) groups excluding carboxylic acids is 1. The van der Waals surface area contributed by atoms with Crippen LogP contribution >= 0.6 is 0 Å². The van der Waals surface area contributed by atoms with Crippen LogP contribution in [0.1, 0.15) is 30.7 Å². The number of aliphatic carboxylic acids is 1. The molecule has 0 aliphatic rings. The van der Waals surface area contributed by atoms with Crippen molar-refractivity contribution in [1.29, 1.82) is 0 Å². The standard InChI is InChI=1S/C23H26N2O6S/c1-14(2)12-17-8-10-18(11-9-17)22-19(30-13-21(26)27)6-5-7-20(22)32(28,29)25-23-15(3)16(4)24-31-23/h5-11,14,25H,12-13H2,1-4H3,(H,26,27)/p-1. The molecule has 0 spiro atoms. The molecule has 0 bridgehead atoms. The fourth-order valence-electron chi connectivity index (χ4n) is 3.24. The largest absolute Gasteiger partial charge is 0.546 e. The fourth-order valence-corrected chi connectivity index (χ4v) is 4.53. The lowest BCUT2D eigenvalue weighted by Crippen LogP contribution is -2.29. The molecule has 0 saturated heterocycles. The lowest BCUT2D eigenvalue weighted by molar-refractivity contribution is -0.307. The maximum Gasteiger partial charge on any atom is 0.265 e. The number of ether oxygens (including phenoxy) is 1. The van der Waals surface area contributed by atoms with E-state index in [1.54, 1.807) is 26.0 Å². The second-order valence-corrected chi connectivity index (χ2v) is 9.56. The third-order valence-corrected chi connectivity index (χ3v) is 6.27. The molecule has 0 unspecified atom stereocenters. The Morgan fingerprint density at radius 1 is 1.16 bits per heavy atom. The first-order valence-electron chi connectivity index (χ1n) is 10.1. The van der Waals surface area contributed by atoms with E-state index in [1.807, 2.05) is 12.1 Å². The zero-order chi connectivity index (χ0) is 23.5. The molecule has 170 valence electrons. The summed E-state index contributed by atoms with van der Waals surface area (Å²) in [6.45, 7) is 6.91. The molecule has 8 nitrogen and oxygen atoms in total. The molecule has 2 aromatic carbocycles. The maximum atomic E-state index is 13.3. The lowest BCUT2D eigenvalue weighted by Gasteiger charge is -2.17. The minimum absolute atomic E-state index is 0.0155. The fraction of sp³-hybridized carbons (Fsp3) is 0.304. The van der Waals surface area contributed by atoms with E-state index in [9.17, 15) is 18.3 Å². The van der Waals surface area contributed by atoms with Gasteiger partial charge in [0.05, 0.1) is 16.6 Å². The highest BCUT2D eigenvalue weighted by molar-refractivity contribution is 7.92. The number of anilines is 1. The number of hydrogen-bond donors (Lipinski definition) is 1. The number of aryl methyl sites for hydroxylation is 1. The van der Waals surface area contributed by atoms with Crippen molar-refractivity contribution in [2.24, 2.45) is 5.92 Å². The molecule has 9 heteroatoms. The van der Waals surface area contributed by atoms with Gasteiger partial charge in [-0.25, -0.2) is 13.1 Å². The Morgan fingerprint density at radius 2 is 1.84 bits per heavy atom. The summed E-state index contributed by atoms with van der Waals surface area (Å²) in [5.41, 5.74) is 3.04. The van der Waals surface area contributed by atoms with Crippen molar-refractivity contribution in [3.63, 3.8) is 0 Å². The lowest BCUT2D eigenvalue weighted by atomic mass is 9.98. The average Bonchev–Trinajstić information content (AvgIpc) is 3.04. The Labute approximate surface area is 187 Å². The zero-order valence-corrected chi connectivity index (χ0v) is 19.2. The number of carbonyl (C=O) groups is 1. The molecule has 0 atom stereocenters. The normalized spacial score (nSPS) is 11.5. The molecule has 0 aliphatic carbocycles. The summed E-state index contributed by atoms with van der Waals surface area (Å²) >= 11 is 0. The van der Waals surface area contributed by atoms with Gasteiger partial charge in [0.1, 0.15) is 12.4 Å². The SMILES string of the molecule is Cc1noc(NS(=O)(=O)c2cccc(OCC(=O)[O-])c2-c2ccc(CC(C)C)cc2)c1C. The number of aromatic nitrogens is 1. The van der Waals surface area contributed by atoms with E-state index in [2.05, 4.69) is 23.7 Å². The number of nitrogens with one attached hydrogen (secondary N) is 1. The van der Waals surface area contributed by atoms with E-state index in [0.717, 1.165) is 12.0 Å². The van der Waals surface area contributed by atoms with Crippen LogP contribution < -0.4 is 14.6 Å². The van der Waals surface area contributed by atoms with E-state index < -0.39 is 22.6 Å². The minimum atomic E-state index is -4.12. The van der Waals surface area contributed by atoms with Crippen molar-refractivity contribution < 1.29 is 27.6 Å². The van der Waals surface area contributed by atoms with Gasteiger partial charge in [-0.05, 0) is 49.4 Å². The topological polar surface area (TPSA) is 122 Å². The molecule has 0 radical (unpaired) electrons. The average molecular weight is 458 g/mol. The molecule has 0 aliphatic heterocycles. The monoisotopic (exact) mass is 457 g/mol. The predicted octanol–water partition coefficient (Wildman–Crippen LogP) is 3.09. The summed E-state index contributed by atoms with van der Waals surface area (Å²) in [7, 11) is -4.12. The molecule has 1 heterocycles. The molecule has 3 aromatic rings. The maximum absolute atomic E-state index is 13.3. The third kappa shape index (κ3) is 5.28. The molecular formula is C23H25N2O6S-. The number of rotatable bonds is 9. The Hall–Kier alpha value is -3.33. The predicted molar refractivity (Wildman–Crippen MR) is 118 cm³/mol. The molecule has 0 amide bonds. The van der Waals surface area contributed by atoms with Gasteiger partial charge in [-0.15, -0.1) is 0 Å². The molecular weight excluding hydrogens is 432 g/mol. The van der Waals surface area contributed by atoms with Crippen LogP contribution in [0.3, 0.4) is 0 Å². The Bertz CT molecular complexity index is 1210. The zero-order valence-electron chi connectivity index (χ0n) is 18.3. The Morgan fingerprint density at radius 3 is 2.41 bits per heavy atom. The van der Waals surface area contributed by atoms with Crippen LogP contribution in [0.5, 0.6) is 5.75 Å². The van der Waals surface area contributed by atoms with Gasteiger partial charge in [0.2, 0.25) is 5.88 Å². The number of benzene rings is 2. The van der Waals surface area contributed by atoms with E-state index in [1.165, 1.54) is 18.2 Å². The number of carboxylic acid groups (broad SMARTS) is 1. The van der Waals surface area contributed by atoms with Crippen LogP contribution in [0.2, 0.25) is 0 Å². The van der Waals surface area contributed by atoms with Gasteiger partial charge in [-0.3, -0.25) is 0 Å². The number of nitrogens with zero attached hydrogens (tertiary/aromatic N) is 1. The van der Waals surface area contributed by atoms with E-state index >= 15 is 0 Å². The third-order valence-electron chi connectivity index (χ3n) is 4.89. The van der Waals surface area contributed by atoms with Crippen molar-refractivity contribution in [3.8, 4) is 16.9 Å². The second kappa shape index (κ2) is 9.44. The highest BCUT2D eigenvalue weighted by Gasteiger charge is 2.25. The molecule has 0 fully saturated rings. The van der Waals surface area contributed by atoms with Crippen LogP contribution in [-0.2, 0) is 21.2 Å². The van der Waals surface area contributed by atoms with Gasteiger partial charge in [0, 0.05) is 11.1 Å². The van der Waals surface area contributed by atoms with Gasteiger partial charge < -0.3 is 19.2 Å². The van der Waals surface area contributed by atoms with Crippen LogP contribution in [0, 0.1) is 19.8 Å². The summed E-state index contributed by atoms with van der Waals surface area (Å²) in [5, 5.41) is 14.7. The van der Waals surface area contributed by atoms with E-state index in [4.69, 9.17) is 9.26 Å². The van der Waals surface area contributed by atoms with Gasteiger partial charge in [-0.1, -0.05) is 49.3 Å². The molecule has 3 rings (SSSR count). The van der Waals surface area contributed by atoms with Gasteiger partial charge >= 0.3 is 0 Å². The number of sulfonamides is 1. The Balaban J connectivity index is 2.10. The number of hydrogen-bond acceptors (Lipinski definition) is 7. The van der Waals surface area contributed by atoms with Crippen molar-refractivity contribution in [1.82, 2.24) is 5.16 Å². The van der Waals surface area contributed by atoms with Crippen molar-refractivity contribution in [2.45, 2.75) is 39.0 Å². The summed E-state index contributed by atoms with van der Waals surface area (Å²) < 4.78 is 39.4. The molecule has 32 heavy (non-hydrogen) atoms. The summed E-state index contributed by atoms with van der Waals surface area (Å²) in [4.78, 5) is 10.9. The van der Waals surface area contributed by atoms with Gasteiger partial charge in [0.15, 0.2) is 0 Å². The van der Waals surface area contributed by atoms with Crippen molar-refractivity contribution in [2.75, 3.05) is 11.3 Å². The highest BCUT2D eigenvalue weighted by Crippen LogP contribution is 2.37. The minimum Gasteiger partial charge on any atom is -0.546 e.